The fraction of sp³-hybridized carbons (Fsp3) is 0.409. The lowest BCUT2D eigenvalue weighted by molar-refractivity contribution is -0.115. The zero-order valence-corrected chi connectivity index (χ0v) is 17.9. The summed E-state index contributed by atoms with van der Waals surface area (Å²) in [5, 5.41) is 3.76. The quantitative estimate of drug-likeness (QED) is 0.651. The average Bonchev–Trinajstić information content (AvgIpc) is 2.69. The SMILES string of the molecule is CN1CCN(CCc2cccc(NC(=O)CCSc3ccc(Cl)cc3)c2)CC1. The number of benzene rings is 2. The zero-order valence-electron chi connectivity index (χ0n) is 16.4. The molecule has 0 aromatic heterocycles. The third-order valence-electron chi connectivity index (χ3n) is 4.93. The number of thioether (sulfide) groups is 1. The van der Waals surface area contributed by atoms with E-state index in [0.717, 1.165) is 60.5 Å². The summed E-state index contributed by atoms with van der Waals surface area (Å²) in [4.78, 5) is 18.3. The molecule has 2 aromatic carbocycles. The van der Waals surface area contributed by atoms with E-state index in [1.54, 1.807) is 11.8 Å². The molecule has 1 N–H and O–H groups in total. The van der Waals surface area contributed by atoms with Crippen molar-refractivity contribution in [3.05, 3.63) is 59.1 Å². The van der Waals surface area contributed by atoms with E-state index in [-0.39, 0.29) is 5.91 Å². The molecule has 150 valence electrons. The van der Waals surface area contributed by atoms with E-state index in [1.807, 2.05) is 36.4 Å². The van der Waals surface area contributed by atoms with Crippen molar-refractivity contribution >= 4 is 35.0 Å². The van der Waals surface area contributed by atoms with Gasteiger partial charge in [-0.05, 0) is 55.4 Å². The molecular weight excluding hydrogens is 390 g/mol. The summed E-state index contributed by atoms with van der Waals surface area (Å²) in [6.07, 6.45) is 1.50. The van der Waals surface area contributed by atoms with Crippen LogP contribution in [0.3, 0.4) is 0 Å². The number of carbonyl (C=O) groups excluding carboxylic acids is 1. The first-order valence-corrected chi connectivity index (χ1v) is 11.1. The molecule has 6 heteroatoms. The molecule has 28 heavy (non-hydrogen) atoms. The summed E-state index contributed by atoms with van der Waals surface area (Å²) in [7, 11) is 2.18. The van der Waals surface area contributed by atoms with Gasteiger partial charge in [-0.2, -0.15) is 0 Å². The summed E-state index contributed by atoms with van der Waals surface area (Å²) in [6, 6.07) is 15.9. The van der Waals surface area contributed by atoms with E-state index < -0.39 is 0 Å². The summed E-state index contributed by atoms with van der Waals surface area (Å²) in [5.41, 5.74) is 2.16. The number of rotatable bonds is 8. The van der Waals surface area contributed by atoms with Crippen LogP contribution >= 0.6 is 23.4 Å². The molecule has 1 aliphatic heterocycles. The summed E-state index contributed by atoms with van der Waals surface area (Å²) >= 11 is 7.56. The van der Waals surface area contributed by atoms with Crippen molar-refractivity contribution in [1.82, 2.24) is 9.80 Å². The second-order valence-corrected chi connectivity index (χ2v) is 8.80. The van der Waals surface area contributed by atoms with Gasteiger partial charge < -0.3 is 15.1 Å². The number of nitrogens with zero attached hydrogens (tertiary/aromatic N) is 2. The molecule has 0 atom stereocenters. The van der Waals surface area contributed by atoms with Gasteiger partial charge in [0.05, 0.1) is 0 Å². The van der Waals surface area contributed by atoms with Crippen molar-refractivity contribution in [2.75, 3.05) is 50.8 Å². The van der Waals surface area contributed by atoms with Crippen LogP contribution in [0, 0.1) is 0 Å². The average molecular weight is 418 g/mol. The van der Waals surface area contributed by atoms with Gasteiger partial charge in [0.15, 0.2) is 0 Å². The van der Waals surface area contributed by atoms with Crippen LogP contribution in [0.4, 0.5) is 5.69 Å². The Balaban J connectivity index is 1.40. The molecule has 1 heterocycles. The second-order valence-electron chi connectivity index (χ2n) is 7.20. The van der Waals surface area contributed by atoms with Crippen LogP contribution in [0.1, 0.15) is 12.0 Å². The van der Waals surface area contributed by atoms with E-state index in [9.17, 15) is 4.79 Å². The normalized spacial score (nSPS) is 15.5. The lowest BCUT2D eigenvalue weighted by Crippen LogP contribution is -2.45. The highest BCUT2D eigenvalue weighted by Crippen LogP contribution is 2.21. The van der Waals surface area contributed by atoms with Gasteiger partial charge in [0.2, 0.25) is 5.91 Å². The maximum Gasteiger partial charge on any atom is 0.225 e. The molecule has 1 amide bonds. The highest BCUT2D eigenvalue weighted by atomic mass is 35.5. The van der Waals surface area contributed by atoms with Gasteiger partial charge in [-0.25, -0.2) is 0 Å². The second kappa shape index (κ2) is 10.9. The minimum Gasteiger partial charge on any atom is -0.326 e. The molecule has 4 nitrogen and oxygen atoms in total. The first-order valence-electron chi connectivity index (χ1n) is 9.76. The Morgan fingerprint density at radius 2 is 1.86 bits per heavy atom. The Hall–Kier alpha value is -1.53. The molecule has 0 unspecified atom stereocenters. The van der Waals surface area contributed by atoms with Gasteiger partial charge in [-0.3, -0.25) is 4.79 Å². The largest absolute Gasteiger partial charge is 0.326 e. The molecule has 1 aliphatic rings. The summed E-state index contributed by atoms with van der Waals surface area (Å²) in [5.74, 6) is 0.800. The standard InChI is InChI=1S/C22H28ClN3OS/c1-25-12-14-26(15-13-25)11-9-18-3-2-4-20(17-18)24-22(27)10-16-28-21-7-5-19(23)6-8-21/h2-8,17H,9-16H2,1H3,(H,24,27). The number of hydrogen-bond acceptors (Lipinski definition) is 4. The monoisotopic (exact) mass is 417 g/mol. The van der Waals surface area contributed by atoms with Crippen LogP contribution in [0.2, 0.25) is 5.02 Å². The Morgan fingerprint density at radius 1 is 1.11 bits per heavy atom. The lowest BCUT2D eigenvalue weighted by atomic mass is 10.1. The van der Waals surface area contributed by atoms with Crippen LogP contribution < -0.4 is 5.32 Å². The predicted molar refractivity (Wildman–Crippen MR) is 120 cm³/mol. The molecule has 1 saturated heterocycles. The van der Waals surface area contributed by atoms with Crippen LogP contribution in [0.15, 0.2) is 53.4 Å². The van der Waals surface area contributed by atoms with Crippen LogP contribution in [-0.4, -0.2) is 61.2 Å². The van der Waals surface area contributed by atoms with E-state index in [1.165, 1.54) is 5.56 Å². The number of likely N-dealkylation sites (N-methyl/N-ethyl adjacent to an activating group) is 1. The van der Waals surface area contributed by atoms with Crippen molar-refractivity contribution in [2.24, 2.45) is 0 Å². The zero-order chi connectivity index (χ0) is 19.8. The third-order valence-corrected chi connectivity index (χ3v) is 6.20. The van der Waals surface area contributed by atoms with Crippen molar-refractivity contribution in [2.45, 2.75) is 17.7 Å². The van der Waals surface area contributed by atoms with Gasteiger partial charge in [-0.15, -0.1) is 11.8 Å². The number of piperazine rings is 1. The number of amides is 1. The molecular formula is C22H28ClN3OS. The number of hydrogen-bond donors (Lipinski definition) is 1. The van der Waals surface area contributed by atoms with Crippen LogP contribution in [-0.2, 0) is 11.2 Å². The van der Waals surface area contributed by atoms with Gasteiger partial charge in [0.1, 0.15) is 0 Å². The highest BCUT2D eigenvalue weighted by Gasteiger charge is 2.13. The van der Waals surface area contributed by atoms with E-state index >= 15 is 0 Å². The van der Waals surface area contributed by atoms with Crippen LogP contribution in [0.25, 0.3) is 0 Å². The number of carbonyl (C=O) groups is 1. The van der Waals surface area contributed by atoms with E-state index in [4.69, 9.17) is 11.6 Å². The molecule has 0 radical (unpaired) electrons. The smallest absolute Gasteiger partial charge is 0.225 e. The Bertz CT molecular complexity index is 761. The number of halogens is 1. The maximum atomic E-state index is 12.2. The van der Waals surface area contributed by atoms with Gasteiger partial charge in [0, 0.05) is 60.5 Å². The summed E-state index contributed by atoms with van der Waals surface area (Å²) in [6.45, 7) is 5.63. The molecule has 3 rings (SSSR count). The van der Waals surface area contributed by atoms with Gasteiger partial charge >= 0.3 is 0 Å². The third kappa shape index (κ3) is 7.13. The topological polar surface area (TPSA) is 35.6 Å². The van der Waals surface area contributed by atoms with Crippen molar-refractivity contribution < 1.29 is 4.79 Å². The lowest BCUT2D eigenvalue weighted by Gasteiger charge is -2.32. The van der Waals surface area contributed by atoms with E-state index in [0.29, 0.717) is 6.42 Å². The summed E-state index contributed by atoms with van der Waals surface area (Å²) < 4.78 is 0. The fourth-order valence-electron chi connectivity index (χ4n) is 3.18. The van der Waals surface area contributed by atoms with Gasteiger partial charge in [0.25, 0.3) is 0 Å². The van der Waals surface area contributed by atoms with Crippen molar-refractivity contribution in [3.63, 3.8) is 0 Å². The molecule has 1 fully saturated rings. The number of nitrogens with one attached hydrogen (secondary N) is 1. The Labute approximate surface area is 177 Å². The molecule has 0 saturated carbocycles. The van der Waals surface area contributed by atoms with Crippen molar-refractivity contribution in [1.29, 1.82) is 0 Å². The molecule has 2 aromatic rings. The molecule has 0 spiro atoms. The minimum absolute atomic E-state index is 0.0534. The highest BCUT2D eigenvalue weighted by molar-refractivity contribution is 7.99. The number of anilines is 1. The minimum atomic E-state index is 0.0534. The van der Waals surface area contributed by atoms with Crippen LogP contribution in [0.5, 0.6) is 0 Å². The predicted octanol–water partition coefficient (Wildman–Crippen LogP) is 4.25. The fourth-order valence-corrected chi connectivity index (χ4v) is 4.16. The van der Waals surface area contributed by atoms with Crippen molar-refractivity contribution in [3.8, 4) is 0 Å². The first kappa shape index (κ1) is 21.2. The molecule has 0 aliphatic carbocycles. The first-order chi connectivity index (χ1) is 13.6. The Kier molecular flexibility index (Phi) is 8.22. The van der Waals surface area contributed by atoms with E-state index in [2.05, 4.69) is 34.3 Å². The molecule has 0 bridgehead atoms. The Morgan fingerprint density at radius 3 is 2.61 bits per heavy atom. The van der Waals surface area contributed by atoms with Gasteiger partial charge in [-0.1, -0.05) is 23.7 Å². The maximum absolute atomic E-state index is 12.2.